The highest BCUT2D eigenvalue weighted by molar-refractivity contribution is 5.05. The molecule has 0 aliphatic rings. The second-order valence-corrected chi connectivity index (χ2v) is 5.37. The summed E-state index contributed by atoms with van der Waals surface area (Å²) in [7, 11) is 1.66. The molecule has 19 heavy (non-hydrogen) atoms. The van der Waals surface area contributed by atoms with Crippen LogP contribution in [0.4, 0.5) is 0 Å². The Balaban J connectivity index is 3.10. The fourth-order valence-electron chi connectivity index (χ4n) is 2.55. The van der Waals surface area contributed by atoms with Gasteiger partial charge in [-0.1, -0.05) is 32.9 Å². The van der Waals surface area contributed by atoms with Crippen molar-refractivity contribution in [3.05, 3.63) is 11.7 Å². The Bertz CT molecular complexity index is 368. The van der Waals surface area contributed by atoms with Crippen LogP contribution in [0.25, 0.3) is 0 Å². The normalized spacial score (nSPS) is 15.8. The maximum atomic E-state index is 9.86. The molecule has 1 rings (SSSR count). The van der Waals surface area contributed by atoms with E-state index in [1.807, 2.05) is 27.7 Å². The molecule has 1 aromatic heterocycles. The van der Waals surface area contributed by atoms with Gasteiger partial charge >= 0.3 is 0 Å². The van der Waals surface area contributed by atoms with E-state index >= 15 is 0 Å². The molecule has 1 heterocycles. The minimum absolute atomic E-state index is 0.149. The molecule has 5 heteroatoms. The fraction of sp³-hybridized carbons (Fsp3) is 0.857. The van der Waals surface area contributed by atoms with Crippen LogP contribution in [0.15, 0.2) is 4.52 Å². The Kier molecular flexibility index (Phi) is 5.50. The van der Waals surface area contributed by atoms with E-state index in [4.69, 9.17) is 9.26 Å². The van der Waals surface area contributed by atoms with E-state index in [2.05, 4.69) is 10.1 Å². The van der Waals surface area contributed by atoms with Gasteiger partial charge in [-0.3, -0.25) is 0 Å². The summed E-state index contributed by atoms with van der Waals surface area (Å²) in [5.41, 5.74) is -0.498. The lowest BCUT2D eigenvalue weighted by Crippen LogP contribution is -2.28. The number of hydrogen-bond donors (Lipinski definition) is 1. The highest BCUT2D eigenvalue weighted by atomic mass is 16.5. The van der Waals surface area contributed by atoms with Crippen LogP contribution in [0.2, 0.25) is 0 Å². The number of nitrogens with zero attached hydrogens (tertiary/aromatic N) is 2. The van der Waals surface area contributed by atoms with Gasteiger partial charge in [-0.05, 0) is 25.7 Å². The van der Waals surface area contributed by atoms with Crippen molar-refractivity contribution in [1.82, 2.24) is 10.1 Å². The summed E-state index contributed by atoms with van der Waals surface area (Å²) in [5.74, 6) is 1.14. The van der Waals surface area contributed by atoms with Crippen LogP contribution in [-0.4, -0.2) is 28.5 Å². The fourth-order valence-corrected chi connectivity index (χ4v) is 2.55. The first-order valence-corrected chi connectivity index (χ1v) is 6.99. The average Bonchev–Trinajstić information content (AvgIpc) is 2.81. The Hall–Kier alpha value is -0.940. The van der Waals surface area contributed by atoms with Crippen LogP contribution in [0.5, 0.6) is 0 Å². The summed E-state index contributed by atoms with van der Waals surface area (Å²) in [6, 6.07) is 0. The molecule has 2 unspecified atom stereocenters. The Labute approximate surface area is 115 Å². The SMILES string of the molecule is CCC(CC)(OC)c1noc(C(C(C)C)C(C)O)n1. The quantitative estimate of drug-likeness (QED) is 0.825. The molecular formula is C14H26N2O3. The van der Waals surface area contributed by atoms with Crippen molar-refractivity contribution in [2.75, 3.05) is 7.11 Å². The molecule has 5 nitrogen and oxygen atoms in total. The van der Waals surface area contributed by atoms with Gasteiger partial charge in [0, 0.05) is 7.11 Å². The minimum Gasteiger partial charge on any atom is -0.393 e. The van der Waals surface area contributed by atoms with Crippen LogP contribution in [-0.2, 0) is 10.3 Å². The molecule has 0 amide bonds. The number of ether oxygens (including phenoxy) is 1. The summed E-state index contributed by atoms with van der Waals surface area (Å²) in [4.78, 5) is 4.48. The van der Waals surface area contributed by atoms with Crippen LogP contribution in [0, 0.1) is 5.92 Å². The van der Waals surface area contributed by atoms with Crippen LogP contribution in [0.1, 0.15) is 65.1 Å². The molecule has 0 radical (unpaired) electrons. The van der Waals surface area contributed by atoms with E-state index in [1.165, 1.54) is 0 Å². The first-order valence-electron chi connectivity index (χ1n) is 6.99. The number of rotatable bonds is 7. The van der Waals surface area contributed by atoms with Crippen LogP contribution in [0.3, 0.4) is 0 Å². The summed E-state index contributed by atoms with van der Waals surface area (Å²) in [6.45, 7) is 9.89. The average molecular weight is 270 g/mol. The molecule has 1 aromatic rings. The molecule has 0 bridgehead atoms. The monoisotopic (exact) mass is 270 g/mol. The van der Waals surface area contributed by atoms with Crippen LogP contribution >= 0.6 is 0 Å². The number of aliphatic hydroxyl groups excluding tert-OH is 1. The zero-order valence-corrected chi connectivity index (χ0v) is 12.8. The van der Waals surface area contributed by atoms with Crippen molar-refractivity contribution in [1.29, 1.82) is 0 Å². The second kappa shape index (κ2) is 6.48. The van der Waals surface area contributed by atoms with Gasteiger partial charge in [0.15, 0.2) is 0 Å². The van der Waals surface area contributed by atoms with Crippen molar-refractivity contribution < 1.29 is 14.4 Å². The lowest BCUT2D eigenvalue weighted by Gasteiger charge is -2.26. The van der Waals surface area contributed by atoms with Crippen molar-refractivity contribution in [2.24, 2.45) is 5.92 Å². The van der Waals surface area contributed by atoms with Gasteiger partial charge < -0.3 is 14.4 Å². The van der Waals surface area contributed by atoms with E-state index in [9.17, 15) is 5.11 Å². The number of aliphatic hydroxyl groups is 1. The third kappa shape index (κ3) is 3.15. The molecule has 0 aliphatic carbocycles. The van der Waals surface area contributed by atoms with Gasteiger partial charge in [0.2, 0.25) is 11.7 Å². The Morgan fingerprint density at radius 3 is 2.21 bits per heavy atom. The van der Waals surface area contributed by atoms with E-state index in [-0.39, 0.29) is 11.8 Å². The van der Waals surface area contributed by atoms with E-state index < -0.39 is 11.7 Å². The standard InChI is InChI=1S/C14H26N2O3/c1-7-14(8-2,18-6)13-15-12(19-16-13)11(9(3)4)10(5)17/h9-11,17H,7-8H2,1-6H3. The first-order chi connectivity index (χ1) is 8.91. The molecule has 2 atom stereocenters. The maximum absolute atomic E-state index is 9.86. The molecule has 0 aliphatic heterocycles. The number of methoxy groups -OCH3 is 1. The van der Waals surface area contributed by atoms with Crippen molar-refractivity contribution in [3.63, 3.8) is 0 Å². The summed E-state index contributed by atoms with van der Waals surface area (Å²) >= 11 is 0. The molecular weight excluding hydrogens is 244 g/mol. The lowest BCUT2D eigenvalue weighted by atomic mass is 9.91. The smallest absolute Gasteiger partial charge is 0.232 e. The summed E-state index contributed by atoms with van der Waals surface area (Å²) < 4.78 is 10.9. The van der Waals surface area contributed by atoms with Crippen molar-refractivity contribution in [2.45, 2.75) is 65.1 Å². The van der Waals surface area contributed by atoms with E-state index in [1.54, 1.807) is 14.0 Å². The topological polar surface area (TPSA) is 68.4 Å². The molecule has 0 spiro atoms. The van der Waals surface area contributed by atoms with E-state index in [0.29, 0.717) is 11.7 Å². The van der Waals surface area contributed by atoms with Crippen LogP contribution < -0.4 is 0 Å². The molecule has 0 saturated heterocycles. The van der Waals surface area contributed by atoms with Gasteiger partial charge in [0.05, 0.1) is 12.0 Å². The summed E-state index contributed by atoms with van der Waals surface area (Å²) in [6.07, 6.45) is 1.04. The Morgan fingerprint density at radius 2 is 1.84 bits per heavy atom. The van der Waals surface area contributed by atoms with Crippen molar-refractivity contribution in [3.8, 4) is 0 Å². The largest absolute Gasteiger partial charge is 0.393 e. The minimum atomic E-state index is -0.520. The zero-order chi connectivity index (χ0) is 14.6. The molecule has 110 valence electrons. The highest BCUT2D eigenvalue weighted by Crippen LogP contribution is 2.33. The van der Waals surface area contributed by atoms with Gasteiger partial charge in [-0.2, -0.15) is 4.98 Å². The van der Waals surface area contributed by atoms with Gasteiger partial charge in [0.1, 0.15) is 5.60 Å². The predicted octanol–water partition coefficient (Wildman–Crippen LogP) is 2.85. The first kappa shape index (κ1) is 16.1. The molecule has 0 fully saturated rings. The zero-order valence-electron chi connectivity index (χ0n) is 12.8. The predicted molar refractivity (Wildman–Crippen MR) is 72.8 cm³/mol. The molecule has 0 aromatic carbocycles. The molecule has 0 saturated carbocycles. The lowest BCUT2D eigenvalue weighted by molar-refractivity contribution is -0.0306. The number of hydrogen-bond acceptors (Lipinski definition) is 5. The third-order valence-electron chi connectivity index (χ3n) is 3.91. The molecule has 1 N–H and O–H groups in total. The van der Waals surface area contributed by atoms with Gasteiger partial charge in [0.25, 0.3) is 0 Å². The number of aromatic nitrogens is 2. The van der Waals surface area contributed by atoms with Crippen molar-refractivity contribution >= 4 is 0 Å². The summed E-state index contributed by atoms with van der Waals surface area (Å²) in [5, 5.41) is 13.9. The second-order valence-electron chi connectivity index (χ2n) is 5.37. The third-order valence-corrected chi connectivity index (χ3v) is 3.91. The van der Waals surface area contributed by atoms with Gasteiger partial charge in [-0.15, -0.1) is 0 Å². The van der Waals surface area contributed by atoms with E-state index in [0.717, 1.165) is 12.8 Å². The Morgan fingerprint density at radius 1 is 1.26 bits per heavy atom. The highest BCUT2D eigenvalue weighted by Gasteiger charge is 2.36. The van der Waals surface area contributed by atoms with Gasteiger partial charge in [-0.25, -0.2) is 0 Å². The maximum Gasteiger partial charge on any atom is 0.232 e.